The van der Waals surface area contributed by atoms with Crippen molar-refractivity contribution in [2.45, 2.75) is 121 Å². The van der Waals surface area contributed by atoms with Gasteiger partial charge in [0.25, 0.3) is 0 Å². The average molecular weight is 601 g/mol. The first-order valence-electron chi connectivity index (χ1n) is 14.2. The molecule has 37 heavy (non-hydrogen) atoms. The van der Waals surface area contributed by atoms with E-state index in [1.54, 1.807) is 16.3 Å². The fourth-order valence-electron chi connectivity index (χ4n) is 6.30. The van der Waals surface area contributed by atoms with Crippen LogP contribution in [0.5, 0.6) is 0 Å². The molecule has 0 aliphatic carbocycles. The summed E-state index contributed by atoms with van der Waals surface area (Å²) in [6.07, 6.45) is 6.45. The van der Waals surface area contributed by atoms with Crippen molar-refractivity contribution in [2.75, 3.05) is 13.1 Å². The minimum absolute atomic E-state index is 0. The van der Waals surface area contributed by atoms with Crippen LogP contribution in [0.15, 0.2) is 42.5 Å². The number of nitrogens with one attached hydrogen (secondary N) is 2. The van der Waals surface area contributed by atoms with E-state index in [0.717, 1.165) is 0 Å². The van der Waals surface area contributed by atoms with E-state index in [-0.39, 0.29) is 30.1 Å². The van der Waals surface area contributed by atoms with Crippen molar-refractivity contribution >= 4 is 30.4 Å². The van der Waals surface area contributed by atoms with Crippen molar-refractivity contribution in [1.29, 1.82) is 0 Å². The molecule has 0 bridgehead atoms. The van der Waals surface area contributed by atoms with Gasteiger partial charge in [0.15, 0.2) is 0 Å². The zero-order valence-corrected chi connectivity index (χ0v) is 29.2. The molecule has 0 amide bonds. The molecular weight excluding hydrogens is 546 g/mol. The van der Waals surface area contributed by atoms with E-state index in [9.17, 15) is 0 Å². The summed E-state index contributed by atoms with van der Waals surface area (Å²) in [6, 6.07) is 16.4. The van der Waals surface area contributed by atoms with E-state index in [1.807, 2.05) is 30.3 Å². The van der Waals surface area contributed by atoms with Crippen molar-refractivity contribution in [3.8, 4) is 0 Å². The van der Waals surface area contributed by atoms with Gasteiger partial charge in [0, 0.05) is 17.2 Å². The number of hydrogen-bond acceptors (Lipinski definition) is 2. The predicted molar refractivity (Wildman–Crippen MR) is 171 cm³/mol. The first kappa shape index (κ1) is 33.4. The van der Waals surface area contributed by atoms with Crippen LogP contribution in [0.1, 0.15) is 78.4 Å². The summed E-state index contributed by atoms with van der Waals surface area (Å²) in [4.78, 5) is 0. The summed E-state index contributed by atoms with van der Waals surface area (Å²) < 4.78 is 0. The van der Waals surface area contributed by atoms with Crippen LogP contribution >= 0.6 is 17.2 Å². The largest absolute Gasteiger partial charge is 2.00 e. The molecule has 210 valence electrons. The molecule has 0 radical (unpaired) electrons. The average Bonchev–Trinajstić information content (AvgIpc) is 3.57. The van der Waals surface area contributed by atoms with Gasteiger partial charge in [-0.15, -0.1) is 17.2 Å². The van der Waals surface area contributed by atoms with Gasteiger partial charge in [0.2, 0.25) is 0 Å². The third-order valence-electron chi connectivity index (χ3n) is 8.09. The minimum Gasteiger partial charge on any atom is -0.313 e. The molecule has 6 heteroatoms. The maximum Gasteiger partial charge on any atom is 2.00 e. The molecule has 0 aromatic heterocycles. The standard InChI is InChI=1S/C26H49N2P2Si.C5H5.Fe/c1-24(2,3)30(25(4,5)6)18-19-16-20(31(7,8)9)17-21(19)26(29,22-12-10-14-27-22)23-13-11-15-28-23;1-2-4-5-3-1;/h16-17,22-23,27-28H,10-15,18,29H2,1-9H3;1-5H;/q2*-1;+2. The normalized spacial score (nSPS) is 22.4. The van der Waals surface area contributed by atoms with Crippen LogP contribution in [0.2, 0.25) is 19.6 Å². The Labute approximate surface area is 244 Å². The molecular formula is C31H54FeN2P2Si. The molecule has 2 nitrogen and oxygen atoms in total. The Bertz CT molecular complexity index is 875. The van der Waals surface area contributed by atoms with E-state index in [0.29, 0.717) is 22.4 Å². The molecule has 0 saturated carbocycles. The molecule has 4 rings (SSSR count). The Balaban J connectivity index is 0.000000716. The zero-order chi connectivity index (χ0) is 26.8. The molecule has 2 N–H and O–H groups in total. The summed E-state index contributed by atoms with van der Waals surface area (Å²) in [5.41, 5.74) is 3.31. The van der Waals surface area contributed by atoms with Gasteiger partial charge < -0.3 is 10.6 Å². The van der Waals surface area contributed by atoms with Crippen molar-refractivity contribution in [1.82, 2.24) is 10.6 Å². The van der Waals surface area contributed by atoms with Gasteiger partial charge >= 0.3 is 17.1 Å². The summed E-state index contributed by atoms with van der Waals surface area (Å²) in [7, 11) is 1.88. The number of hydrogen-bond donors (Lipinski definition) is 2. The summed E-state index contributed by atoms with van der Waals surface area (Å²) in [5, 5.41) is 10.3. The SMILES string of the molecule is CC(C)(C)P(Cc1cc([Si](C)(C)C)[cH-]c1C(P)(C1CCCN1)C1CCCN1)C(C)(C)C.[Fe+2].c1cc[cH-]c1. The van der Waals surface area contributed by atoms with Gasteiger partial charge in [-0.3, -0.25) is 0 Å². The molecule has 0 spiro atoms. The number of rotatable bonds is 6. The second-order valence-electron chi connectivity index (χ2n) is 14.1. The van der Waals surface area contributed by atoms with Gasteiger partial charge in [0.1, 0.15) is 0 Å². The maximum atomic E-state index is 3.92. The van der Waals surface area contributed by atoms with Gasteiger partial charge in [-0.25, -0.2) is 18.2 Å². The molecule has 2 aliphatic heterocycles. The third kappa shape index (κ3) is 8.36. The second kappa shape index (κ2) is 13.3. The Morgan fingerprint density at radius 1 is 0.919 bits per heavy atom. The smallest absolute Gasteiger partial charge is 0.313 e. The van der Waals surface area contributed by atoms with Gasteiger partial charge in [-0.2, -0.15) is 40.6 Å². The summed E-state index contributed by atoms with van der Waals surface area (Å²) >= 11 is 0. The third-order valence-corrected chi connectivity index (χ3v) is 15.1. The fraction of sp³-hybridized carbons (Fsp3) is 0.677. The van der Waals surface area contributed by atoms with Crippen LogP contribution < -0.4 is 15.8 Å². The van der Waals surface area contributed by atoms with Crippen LogP contribution in [0.3, 0.4) is 0 Å². The minimum atomic E-state index is -1.39. The van der Waals surface area contributed by atoms with Gasteiger partial charge in [-0.1, -0.05) is 67.3 Å². The van der Waals surface area contributed by atoms with Crippen LogP contribution in [0.25, 0.3) is 0 Å². The second-order valence-corrected chi connectivity index (χ2v) is 23.9. The van der Waals surface area contributed by atoms with Crippen molar-refractivity contribution in [3.05, 3.63) is 53.6 Å². The van der Waals surface area contributed by atoms with E-state index in [1.165, 1.54) is 44.9 Å². The van der Waals surface area contributed by atoms with Crippen molar-refractivity contribution in [2.24, 2.45) is 0 Å². The van der Waals surface area contributed by atoms with E-state index in [2.05, 4.69) is 93.2 Å². The monoisotopic (exact) mass is 600 g/mol. The van der Waals surface area contributed by atoms with E-state index in [4.69, 9.17) is 0 Å². The molecule has 2 saturated heterocycles. The van der Waals surface area contributed by atoms with Gasteiger partial charge in [-0.05, 0) is 49.1 Å². The molecule has 3 unspecified atom stereocenters. The fourth-order valence-corrected chi connectivity index (χ4v) is 11.9. The van der Waals surface area contributed by atoms with Crippen LogP contribution in [0, 0.1) is 0 Å². The van der Waals surface area contributed by atoms with Crippen molar-refractivity contribution in [3.63, 3.8) is 0 Å². The molecule has 2 heterocycles. The van der Waals surface area contributed by atoms with E-state index >= 15 is 0 Å². The topological polar surface area (TPSA) is 24.1 Å². The Morgan fingerprint density at radius 3 is 1.73 bits per heavy atom. The van der Waals surface area contributed by atoms with Crippen LogP contribution in [0.4, 0.5) is 0 Å². The Kier molecular flexibility index (Phi) is 12.0. The predicted octanol–water partition coefficient (Wildman–Crippen LogP) is 7.51. The first-order valence-corrected chi connectivity index (χ1v) is 19.8. The Hall–Kier alpha value is 0.216. The molecule has 2 aromatic carbocycles. The molecule has 2 aliphatic rings. The molecule has 2 aromatic rings. The van der Waals surface area contributed by atoms with Crippen LogP contribution in [-0.2, 0) is 28.4 Å². The van der Waals surface area contributed by atoms with E-state index < -0.39 is 8.07 Å². The summed E-state index contributed by atoms with van der Waals surface area (Å²) in [5.74, 6) is 0. The van der Waals surface area contributed by atoms with Gasteiger partial charge in [0.05, 0.1) is 8.07 Å². The first-order chi connectivity index (χ1) is 16.6. The van der Waals surface area contributed by atoms with Crippen molar-refractivity contribution < 1.29 is 17.1 Å². The van der Waals surface area contributed by atoms with Crippen LogP contribution in [-0.4, -0.2) is 43.6 Å². The Morgan fingerprint density at radius 2 is 1.41 bits per heavy atom. The zero-order valence-electron chi connectivity index (χ0n) is 25.0. The quantitative estimate of drug-likeness (QED) is 0.204. The summed E-state index contributed by atoms with van der Waals surface area (Å²) in [6.45, 7) is 24.7. The molecule has 2 fully saturated rings. The maximum absolute atomic E-state index is 3.92. The molecule has 3 atom stereocenters.